The molecule has 1 heterocycles. The van der Waals surface area contributed by atoms with Crippen molar-refractivity contribution in [2.75, 3.05) is 24.9 Å². The number of aryl methyl sites for hydroxylation is 1. The summed E-state index contributed by atoms with van der Waals surface area (Å²) < 4.78 is 2.25. The highest BCUT2D eigenvalue weighted by Gasteiger charge is 2.00. The standard InChI is InChI=1S/C21H28ClN2/c1-23(2)21-11-9-19(10-12-21)7-8-20-13-17-24(18-14-20)16-6-4-3-5-15-22/h7-14,17-18H,3-6,15-16H2,1-2H3/q+1. The fraction of sp³-hybridized carbons (Fsp3) is 0.381. The van der Waals surface area contributed by atoms with Gasteiger partial charge in [0, 0.05) is 44.2 Å². The van der Waals surface area contributed by atoms with E-state index < -0.39 is 0 Å². The first-order valence-electron chi connectivity index (χ1n) is 8.69. The number of alkyl halides is 1. The number of unbranched alkanes of at least 4 members (excludes halogenated alkanes) is 3. The molecule has 2 rings (SSSR count). The summed E-state index contributed by atoms with van der Waals surface area (Å²) in [5.74, 6) is 0.784. The third-order valence-electron chi connectivity index (χ3n) is 4.09. The predicted octanol–water partition coefficient (Wildman–Crippen LogP) is 5.01. The number of anilines is 1. The second kappa shape index (κ2) is 10.1. The summed E-state index contributed by atoms with van der Waals surface area (Å²) >= 11 is 5.70. The van der Waals surface area contributed by atoms with E-state index in [0.717, 1.165) is 18.8 Å². The highest BCUT2D eigenvalue weighted by Crippen LogP contribution is 2.14. The van der Waals surface area contributed by atoms with E-state index in [-0.39, 0.29) is 0 Å². The Hall–Kier alpha value is -1.80. The fourth-order valence-corrected chi connectivity index (χ4v) is 2.74. The van der Waals surface area contributed by atoms with Gasteiger partial charge in [-0.2, -0.15) is 0 Å². The van der Waals surface area contributed by atoms with Gasteiger partial charge in [0.05, 0.1) is 0 Å². The average Bonchev–Trinajstić information content (AvgIpc) is 2.61. The normalized spacial score (nSPS) is 11.1. The van der Waals surface area contributed by atoms with Crippen molar-refractivity contribution in [3.05, 3.63) is 59.9 Å². The lowest BCUT2D eigenvalue weighted by atomic mass is 10.1. The molecule has 0 saturated carbocycles. The summed E-state index contributed by atoms with van der Waals surface area (Å²) in [5.41, 5.74) is 3.67. The maximum absolute atomic E-state index is 5.70. The molecule has 0 aliphatic carbocycles. The van der Waals surface area contributed by atoms with Gasteiger partial charge < -0.3 is 4.90 Å². The molecule has 1 aromatic heterocycles. The largest absolute Gasteiger partial charge is 0.378 e. The molecular formula is C21H28ClN2+. The van der Waals surface area contributed by atoms with Crippen LogP contribution in [0.5, 0.6) is 0 Å². The third-order valence-corrected chi connectivity index (χ3v) is 4.36. The van der Waals surface area contributed by atoms with E-state index >= 15 is 0 Å². The van der Waals surface area contributed by atoms with Gasteiger partial charge >= 0.3 is 0 Å². The molecule has 0 aliphatic heterocycles. The summed E-state index contributed by atoms with van der Waals surface area (Å²) in [7, 11) is 4.12. The zero-order valence-electron chi connectivity index (χ0n) is 14.8. The van der Waals surface area contributed by atoms with Crippen LogP contribution in [0, 0.1) is 0 Å². The second-order valence-corrected chi connectivity index (χ2v) is 6.67. The molecule has 0 atom stereocenters. The van der Waals surface area contributed by atoms with Gasteiger partial charge in [0.25, 0.3) is 0 Å². The van der Waals surface area contributed by atoms with Crippen LogP contribution >= 0.6 is 11.6 Å². The van der Waals surface area contributed by atoms with Crippen molar-refractivity contribution < 1.29 is 4.57 Å². The number of hydrogen-bond acceptors (Lipinski definition) is 1. The van der Waals surface area contributed by atoms with Crippen molar-refractivity contribution in [1.82, 2.24) is 0 Å². The van der Waals surface area contributed by atoms with Crippen LogP contribution in [0.3, 0.4) is 0 Å². The SMILES string of the molecule is CN(C)c1ccc(/C=C/c2cc[n+](CCCCCCCl)cc2)cc1. The van der Waals surface area contributed by atoms with Crippen LogP contribution in [-0.2, 0) is 6.54 Å². The number of rotatable bonds is 9. The van der Waals surface area contributed by atoms with Gasteiger partial charge in [-0.15, -0.1) is 11.6 Å². The molecule has 0 fully saturated rings. The van der Waals surface area contributed by atoms with Gasteiger partial charge in [0.2, 0.25) is 0 Å². The minimum absolute atomic E-state index is 0.784. The first-order chi connectivity index (χ1) is 11.7. The Morgan fingerprint density at radius 1 is 0.833 bits per heavy atom. The first kappa shape index (κ1) is 18.5. The molecule has 3 heteroatoms. The monoisotopic (exact) mass is 343 g/mol. The molecule has 2 aromatic rings. The number of hydrogen-bond donors (Lipinski definition) is 0. The number of aromatic nitrogens is 1. The maximum Gasteiger partial charge on any atom is 0.169 e. The van der Waals surface area contributed by atoms with Crippen molar-refractivity contribution in [3.63, 3.8) is 0 Å². The molecule has 24 heavy (non-hydrogen) atoms. The first-order valence-corrected chi connectivity index (χ1v) is 9.23. The van der Waals surface area contributed by atoms with E-state index in [4.69, 9.17) is 11.6 Å². The minimum Gasteiger partial charge on any atom is -0.378 e. The molecule has 0 aliphatic rings. The lowest BCUT2D eigenvalue weighted by Crippen LogP contribution is -2.32. The van der Waals surface area contributed by atoms with Gasteiger partial charge in [-0.25, -0.2) is 4.57 Å². The Labute approximate surface area is 151 Å². The molecule has 0 N–H and O–H groups in total. The van der Waals surface area contributed by atoms with Crippen LogP contribution in [0.25, 0.3) is 12.2 Å². The zero-order valence-corrected chi connectivity index (χ0v) is 15.5. The van der Waals surface area contributed by atoms with E-state index in [1.54, 1.807) is 0 Å². The van der Waals surface area contributed by atoms with Crippen LogP contribution < -0.4 is 9.47 Å². The van der Waals surface area contributed by atoms with Gasteiger partial charge in [-0.05, 0) is 36.1 Å². The Bertz CT molecular complexity index is 615. The van der Waals surface area contributed by atoms with Crippen molar-refractivity contribution in [1.29, 1.82) is 0 Å². The highest BCUT2D eigenvalue weighted by atomic mass is 35.5. The lowest BCUT2D eigenvalue weighted by molar-refractivity contribution is -0.697. The molecule has 0 saturated heterocycles. The molecule has 0 bridgehead atoms. The molecule has 0 spiro atoms. The van der Waals surface area contributed by atoms with Gasteiger partial charge in [0.15, 0.2) is 12.4 Å². The van der Waals surface area contributed by atoms with Crippen LogP contribution in [0.15, 0.2) is 48.8 Å². The molecule has 2 nitrogen and oxygen atoms in total. The Balaban J connectivity index is 1.84. The summed E-state index contributed by atoms with van der Waals surface area (Å²) in [6.45, 7) is 1.08. The van der Waals surface area contributed by atoms with E-state index in [1.165, 1.54) is 36.1 Å². The van der Waals surface area contributed by atoms with Crippen LogP contribution in [0.2, 0.25) is 0 Å². The quantitative estimate of drug-likeness (QED) is 0.352. The zero-order chi connectivity index (χ0) is 17.2. The number of nitrogens with zero attached hydrogens (tertiary/aromatic N) is 2. The van der Waals surface area contributed by atoms with E-state index in [9.17, 15) is 0 Å². The van der Waals surface area contributed by atoms with E-state index in [2.05, 4.69) is 84.5 Å². The smallest absolute Gasteiger partial charge is 0.169 e. The van der Waals surface area contributed by atoms with E-state index in [1.807, 2.05) is 0 Å². The second-order valence-electron chi connectivity index (χ2n) is 6.29. The third kappa shape index (κ3) is 6.37. The van der Waals surface area contributed by atoms with Crippen molar-refractivity contribution >= 4 is 29.4 Å². The Morgan fingerprint density at radius 2 is 1.42 bits per heavy atom. The lowest BCUT2D eigenvalue weighted by Gasteiger charge is -2.11. The summed E-state index contributed by atoms with van der Waals surface area (Å²) in [4.78, 5) is 2.11. The summed E-state index contributed by atoms with van der Waals surface area (Å²) in [5, 5.41) is 0. The maximum atomic E-state index is 5.70. The van der Waals surface area contributed by atoms with Gasteiger partial charge in [0.1, 0.15) is 6.54 Å². The molecule has 0 unspecified atom stereocenters. The Kier molecular flexibility index (Phi) is 7.84. The van der Waals surface area contributed by atoms with Gasteiger partial charge in [-0.3, -0.25) is 0 Å². The predicted molar refractivity (Wildman–Crippen MR) is 106 cm³/mol. The summed E-state index contributed by atoms with van der Waals surface area (Å²) in [6.07, 6.45) is 13.5. The van der Waals surface area contributed by atoms with Crippen molar-refractivity contribution in [2.45, 2.75) is 32.2 Å². The minimum atomic E-state index is 0.784. The van der Waals surface area contributed by atoms with Gasteiger partial charge in [-0.1, -0.05) is 30.7 Å². The van der Waals surface area contributed by atoms with Crippen molar-refractivity contribution in [2.24, 2.45) is 0 Å². The van der Waals surface area contributed by atoms with Crippen LogP contribution in [-0.4, -0.2) is 20.0 Å². The number of benzene rings is 1. The van der Waals surface area contributed by atoms with Crippen molar-refractivity contribution in [3.8, 4) is 0 Å². The molecule has 1 aromatic carbocycles. The number of halogens is 1. The fourth-order valence-electron chi connectivity index (χ4n) is 2.55. The van der Waals surface area contributed by atoms with Crippen LogP contribution in [0.4, 0.5) is 5.69 Å². The average molecular weight is 344 g/mol. The number of pyridine rings is 1. The Morgan fingerprint density at radius 3 is 2.00 bits per heavy atom. The van der Waals surface area contributed by atoms with Crippen LogP contribution in [0.1, 0.15) is 36.8 Å². The summed E-state index contributed by atoms with van der Waals surface area (Å²) in [6, 6.07) is 12.9. The molecule has 0 amide bonds. The molecular weight excluding hydrogens is 316 g/mol. The molecule has 128 valence electrons. The highest BCUT2D eigenvalue weighted by molar-refractivity contribution is 6.17. The van der Waals surface area contributed by atoms with E-state index in [0.29, 0.717) is 0 Å². The molecule has 0 radical (unpaired) electrons. The topological polar surface area (TPSA) is 7.12 Å².